The Labute approximate surface area is 116 Å². The minimum absolute atomic E-state index is 0.623. The van der Waals surface area contributed by atoms with Crippen LogP contribution in [-0.4, -0.2) is 11.1 Å². The lowest BCUT2D eigenvalue weighted by molar-refractivity contribution is -0.136. The van der Waals surface area contributed by atoms with Crippen LogP contribution < -0.4 is 5.73 Å². The van der Waals surface area contributed by atoms with Gasteiger partial charge in [0.2, 0.25) is 0 Å². The number of thioether (sulfide) groups is 1. The van der Waals surface area contributed by atoms with Gasteiger partial charge in [-0.2, -0.15) is 0 Å². The Morgan fingerprint density at radius 3 is 2.47 bits per heavy atom. The highest BCUT2D eigenvalue weighted by molar-refractivity contribution is 8.00. The van der Waals surface area contributed by atoms with Crippen molar-refractivity contribution < 1.29 is 9.90 Å². The summed E-state index contributed by atoms with van der Waals surface area (Å²) < 4.78 is 0. The van der Waals surface area contributed by atoms with Crippen LogP contribution in [0.15, 0.2) is 53.4 Å². The fourth-order valence-corrected chi connectivity index (χ4v) is 2.87. The lowest BCUT2D eigenvalue weighted by Crippen LogP contribution is -2.08. The van der Waals surface area contributed by atoms with Crippen molar-refractivity contribution in [3.05, 3.63) is 59.7 Å². The molecular formula is C15H15NO2S. The second-order valence-corrected chi connectivity index (χ2v) is 5.36. The number of aliphatic carboxylic acids is 1. The molecule has 19 heavy (non-hydrogen) atoms. The highest BCUT2D eigenvalue weighted by Crippen LogP contribution is 2.38. The summed E-state index contributed by atoms with van der Waals surface area (Å²) in [5.74, 6) is -0.849. The van der Waals surface area contributed by atoms with E-state index >= 15 is 0 Å². The van der Waals surface area contributed by atoms with Gasteiger partial charge in [0.25, 0.3) is 0 Å². The van der Waals surface area contributed by atoms with Gasteiger partial charge >= 0.3 is 5.97 Å². The van der Waals surface area contributed by atoms with Crippen LogP contribution in [-0.2, 0) is 4.79 Å². The van der Waals surface area contributed by atoms with Crippen molar-refractivity contribution in [2.24, 2.45) is 0 Å². The number of carbonyl (C=O) groups is 1. The van der Waals surface area contributed by atoms with E-state index in [0.29, 0.717) is 5.69 Å². The van der Waals surface area contributed by atoms with Crippen LogP contribution >= 0.6 is 11.8 Å². The summed E-state index contributed by atoms with van der Waals surface area (Å²) >= 11 is 1.31. The first-order valence-corrected chi connectivity index (χ1v) is 6.77. The second-order valence-electron chi connectivity index (χ2n) is 4.22. The Hall–Kier alpha value is -1.94. The molecule has 0 aliphatic carbocycles. The zero-order valence-electron chi connectivity index (χ0n) is 10.5. The Morgan fingerprint density at radius 1 is 1.16 bits per heavy atom. The maximum atomic E-state index is 11.4. The SMILES string of the molecule is Cc1c(N)cccc1SC(C(=O)O)c1ccccc1. The molecule has 1 unspecified atom stereocenters. The molecular weight excluding hydrogens is 258 g/mol. The molecule has 0 fully saturated rings. The van der Waals surface area contributed by atoms with Crippen molar-refractivity contribution in [1.29, 1.82) is 0 Å². The van der Waals surface area contributed by atoms with Crippen LogP contribution in [0.25, 0.3) is 0 Å². The van der Waals surface area contributed by atoms with E-state index in [1.54, 1.807) is 0 Å². The van der Waals surface area contributed by atoms with Gasteiger partial charge in [-0.05, 0) is 30.2 Å². The molecule has 98 valence electrons. The number of rotatable bonds is 4. The summed E-state index contributed by atoms with van der Waals surface area (Å²) in [5, 5.41) is 8.77. The molecule has 1 atom stereocenters. The van der Waals surface area contributed by atoms with Crippen molar-refractivity contribution >= 4 is 23.4 Å². The first kappa shape index (κ1) is 13.5. The summed E-state index contributed by atoms with van der Waals surface area (Å²) in [6.07, 6.45) is 0. The number of nitrogens with two attached hydrogens (primary N) is 1. The molecule has 0 heterocycles. The normalized spacial score (nSPS) is 12.1. The van der Waals surface area contributed by atoms with E-state index < -0.39 is 11.2 Å². The molecule has 0 aliphatic heterocycles. The summed E-state index contributed by atoms with van der Waals surface area (Å²) in [7, 11) is 0. The van der Waals surface area contributed by atoms with Gasteiger partial charge in [-0.25, -0.2) is 0 Å². The van der Waals surface area contributed by atoms with Crippen LogP contribution in [0.2, 0.25) is 0 Å². The van der Waals surface area contributed by atoms with Crippen molar-refractivity contribution in [3.63, 3.8) is 0 Å². The fourth-order valence-electron chi connectivity index (χ4n) is 1.77. The highest BCUT2D eigenvalue weighted by atomic mass is 32.2. The predicted octanol–water partition coefficient (Wildman–Crippen LogP) is 3.50. The molecule has 3 nitrogen and oxygen atoms in total. The maximum absolute atomic E-state index is 11.4. The molecule has 0 radical (unpaired) electrons. The monoisotopic (exact) mass is 273 g/mol. The van der Waals surface area contributed by atoms with Gasteiger partial charge in [-0.3, -0.25) is 4.79 Å². The second kappa shape index (κ2) is 5.80. The van der Waals surface area contributed by atoms with Gasteiger partial charge < -0.3 is 10.8 Å². The Balaban J connectivity index is 2.32. The third-order valence-corrected chi connectivity index (χ3v) is 4.30. The number of carboxylic acids is 1. The molecule has 0 spiro atoms. The zero-order chi connectivity index (χ0) is 13.8. The standard InChI is InChI=1S/C15H15NO2S/c1-10-12(16)8-5-9-13(10)19-14(15(17)18)11-6-3-2-4-7-11/h2-9,14H,16H2,1H3,(H,17,18). The fraction of sp³-hybridized carbons (Fsp3) is 0.133. The quantitative estimate of drug-likeness (QED) is 0.661. The van der Waals surface area contributed by atoms with Gasteiger partial charge in [0.1, 0.15) is 5.25 Å². The molecule has 2 aromatic rings. The molecule has 4 heteroatoms. The molecule has 0 saturated heterocycles. The van der Waals surface area contributed by atoms with Crippen LogP contribution in [0.4, 0.5) is 5.69 Å². The van der Waals surface area contributed by atoms with Gasteiger partial charge in [0.15, 0.2) is 0 Å². The summed E-state index contributed by atoms with van der Waals surface area (Å²) in [6.45, 7) is 1.90. The van der Waals surface area contributed by atoms with Crippen molar-refractivity contribution in [2.45, 2.75) is 17.1 Å². The first-order valence-electron chi connectivity index (χ1n) is 5.89. The molecule has 2 aromatic carbocycles. The van der Waals surface area contributed by atoms with Crippen LogP contribution in [0.5, 0.6) is 0 Å². The molecule has 2 rings (SSSR count). The smallest absolute Gasteiger partial charge is 0.321 e. The van der Waals surface area contributed by atoms with E-state index in [1.165, 1.54) is 11.8 Å². The lowest BCUT2D eigenvalue weighted by atomic mass is 10.1. The average molecular weight is 273 g/mol. The van der Waals surface area contributed by atoms with Crippen molar-refractivity contribution in [3.8, 4) is 0 Å². The Bertz CT molecular complexity index is 584. The van der Waals surface area contributed by atoms with E-state index in [1.807, 2.05) is 55.5 Å². The highest BCUT2D eigenvalue weighted by Gasteiger charge is 2.21. The van der Waals surface area contributed by atoms with Crippen molar-refractivity contribution in [1.82, 2.24) is 0 Å². The number of hydrogen-bond acceptors (Lipinski definition) is 3. The van der Waals surface area contributed by atoms with E-state index in [-0.39, 0.29) is 0 Å². The number of benzene rings is 2. The third-order valence-electron chi connectivity index (χ3n) is 2.90. The van der Waals surface area contributed by atoms with Crippen LogP contribution in [0.3, 0.4) is 0 Å². The minimum atomic E-state index is -0.849. The number of carboxylic acid groups (broad SMARTS) is 1. The maximum Gasteiger partial charge on any atom is 0.321 e. The third kappa shape index (κ3) is 3.09. The molecule has 0 aromatic heterocycles. The molecule has 3 N–H and O–H groups in total. The zero-order valence-corrected chi connectivity index (χ0v) is 11.4. The van der Waals surface area contributed by atoms with Gasteiger partial charge in [-0.15, -0.1) is 11.8 Å². The molecule has 0 amide bonds. The predicted molar refractivity (Wildman–Crippen MR) is 78.3 cm³/mol. The Kier molecular flexibility index (Phi) is 4.12. The Morgan fingerprint density at radius 2 is 1.84 bits per heavy atom. The largest absolute Gasteiger partial charge is 0.480 e. The average Bonchev–Trinajstić information content (AvgIpc) is 2.41. The van der Waals surface area contributed by atoms with E-state index in [9.17, 15) is 9.90 Å². The molecule has 0 bridgehead atoms. The van der Waals surface area contributed by atoms with Crippen LogP contribution in [0, 0.1) is 6.92 Å². The van der Waals surface area contributed by atoms with E-state index in [2.05, 4.69) is 0 Å². The molecule has 0 aliphatic rings. The van der Waals surface area contributed by atoms with Crippen LogP contribution in [0.1, 0.15) is 16.4 Å². The number of nitrogen functional groups attached to an aromatic ring is 1. The van der Waals surface area contributed by atoms with E-state index in [4.69, 9.17) is 5.73 Å². The molecule has 0 saturated carbocycles. The minimum Gasteiger partial charge on any atom is -0.480 e. The lowest BCUT2D eigenvalue weighted by Gasteiger charge is -2.14. The van der Waals surface area contributed by atoms with Gasteiger partial charge in [-0.1, -0.05) is 36.4 Å². The van der Waals surface area contributed by atoms with Crippen molar-refractivity contribution in [2.75, 3.05) is 5.73 Å². The number of hydrogen-bond donors (Lipinski definition) is 2. The summed E-state index contributed by atoms with van der Waals surface area (Å²) in [4.78, 5) is 12.3. The summed E-state index contributed by atoms with van der Waals surface area (Å²) in [5.41, 5.74) is 8.24. The van der Waals surface area contributed by atoms with Gasteiger partial charge in [0, 0.05) is 10.6 Å². The topological polar surface area (TPSA) is 63.3 Å². The van der Waals surface area contributed by atoms with E-state index in [0.717, 1.165) is 16.0 Å². The first-order chi connectivity index (χ1) is 9.09. The van der Waals surface area contributed by atoms with Gasteiger partial charge in [0.05, 0.1) is 0 Å². The summed E-state index contributed by atoms with van der Waals surface area (Å²) in [6, 6.07) is 14.8. The number of anilines is 1.